The summed E-state index contributed by atoms with van der Waals surface area (Å²) in [5, 5.41) is 15.6. The molecule has 0 aliphatic rings. The van der Waals surface area contributed by atoms with Crippen molar-refractivity contribution in [1.82, 2.24) is 10.2 Å². The molecule has 2 aromatic carbocycles. The molecule has 2 rings (SSSR count). The number of phenolic OH excluding ortho intramolecular Hbond substituents is 1. The van der Waals surface area contributed by atoms with Gasteiger partial charge in [0.1, 0.15) is 23.4 Å². The molecule has 2 atom stereocenters. The predicted octanol–water partition coefficient (Wildman–Crippen LogP) is 4.09. The van der Waals surface area contributed by atoms with Gasteiger partial charge < -0.3 is 31.1 Å². The molecule has 2 aromatic rings. The van der Waals surface area contributed by atoms with Gasteiger partial charge in [-0.05, 0) is 82.3 Å². The highest BCUT2D eigenvalue weighted by atomic mass is 16.6. The minimum atomic E-state index is -1.18. The molecule has 0 bridgehead atoms. The number of aryl methyl sites for hydroxylation is 2. The SMILES string of the molecule is CCCN(C(=O)C(CCC(N)=O)NC(=O)OC(C)(C)C)C(C(=O)Nc1ccccc1C)c1ccc(O)c(C)c1. The summed E-state index contributed by atoms with van der Waals surface area (Å²) in [4.78, 5) is 53.4. The van der Waals surface area contributed by atoms with Crippen LogP contribution in [0.2, 0.25) is 0 Å². The van der Waals surface area contributed by atoms with Crippen LogP contribution < -0.4 is 16.4 Å². The van der Waals surface area contributed by atoms with E-state index in [1.54, 1.807) is 52.0 Å². The van der Waals surface area contributed by atoms with Gasteiger partial charge in [0.2, 0.25) is 11.8 Å². The number of hydrogen-bond donors (Lipinski definition) is 4. The predicted molar refractivity (Wildman–Crippen MR) is 149 cm³/mol. The molecule has 0 aliphatic heterocycles. The molecule has 0 saturated carbocycles. The number of carbonyl (C=O) groups excluding carboxylic acids is 4. The summed E-state index contributed by atoms with van der Waals surface area (Å²) in [6.07, 6.45) is -0.562. The zero-order valence-electron chi connectivity index (χ0n) is 23.5. The zero-order valence-corrected chi connectivity index (χ0v) is 23.5. The van der Waals surface area contributed by atoms with E-state index in [4.69, 9.17) is 10.5 Å². The number of aromatic hydroxyl groups is 1. The molecule has 0 radical (unpaired) electrons. The van der Waals surface area contributed by atoms with Crippen molar-refractivity contribution >= 4 is 29.5 Å². The summed E-state index contributed by atoms with van der Waals surface area (Å²) < 4.78 is 5.33. The molecule has 0 heterocycles. The van der Waals surface area contributed by atoms with Gasteiger partial charge >= 0.3 is 6.09 Å². The van der Waals surface area contributed by atoms with Crippen molar-refractivity contribution in [2.75, 3.05) is 11.9 Å². The number of amides is 4. The third kappa shape index (κ3) is 9.31. The molecular formula is C29H40N4O6. The van der Waals surface area contributed by atoms with E-state index in [1.165, 1.54) is 11.0 Å². The number of carbonyl (C=O) groups is 4. The molecule has 212 valence electrons. The van der Waals surface area contributed by atoms with Gasteiger partial charge in [-0.25, -0.2) is 4.79 Å². The summed E-state index contributed by atoms with van der Waals surface area (Å²) in [5.74, 6) is -1.62. The fourth-order valence-corrected chi connectivity index (χ4v) is 4.04. The summed E-state index contributed by atoms with van der Waals surface area (Å²) in [6.45, 7) is 10.7. The Hall–Kier alpha value is -4.08. The minimum Gasteiger partial charge on any atom is -0.508 e. The minimum absolute atomic E-state index is 0.0520. The van der Waals surface area contributed by atoms with Crippen LogP contribution >= 0.6 is 0 Å². The molecule has 0 aromatic heterocycles. The van der Waals surface area contributed by atoms with Gasteiger partial charge in [-0.1, -0.05) is 31.2 Å². The highest BCUT2D eigenvalue weighted by molar-refractivity contribution is 5.99. The van der Waals surface area contributed by atoms with Gasteiger partial charge in [0, 0.05) is 18.7 Å². The van der Waals surface area contributed by atoms with Gasteiger partial charge in [0.25, 0.3) is 5.91 Å². The number of nitrogens with two attached hydrogens (primary N) is 1. The molecule has 39 heavy (non-hydrogen) atoms. The standard InChI is InChI=1S/C29H40N4O6/c1-7-16-33(27(37)22(13-15-24(30)35)32-28(38)39-29(4,5)6)25(20-12-14-23(34)19(3)17-20)26(36)31-21-11-9-8-10-18(21)2/h8-12,14,17,22,25,34H,7,13,15-16H2,1-6H3,(H2,30,35)(H,31,36)(H,32,38). The van der Waals surface area contributed by atoms with Gasteiger partial charge in [0.15, 0.2) is 0 Å². The van der Waals surface area contributed by atoms with Crippen molar-refractivity contribution in [3.05, 3.63) is 59.2 Å². The Bertz CT molecular complexity index is 1190. The number of alkyl carbamates (subject to hydrolysis) is 1. The first kappa shape index (κ1) is 31.1. The van der Waals surface area contributed by atoms with Crippen LogP contribution in [0.3, 0.4) is 0 Å². The lowest BCUT2D eigenvalue weighted by Crippen LogP contribution is -2.52. The lowest BCUT2D eigenvalue weighted by molar-refractivity contribution is -0.141. The maximum absolute atomic E-state index is 14.0. The summed E-state index contributed by atoms with van der Waals surface area (Å²) in [5.41, 5.74) is 6.96. The van der Waals surface area contributed by atoms with E-state index in [2.05, 4.69) is 10.6 Å². The van der Waals surface area contributed by atoms with E-state index >= 15 is 0 Å². The number of nitrogens with one attached hydrogen (secondary N) is 2. The third-order valence-electron chi connectivity index (χ3n) is 5.92. The van der Waals surface area contributed by atoms with E-state index in [9.17, 15) is 24.3 Å². The first-order chi connectivity index (χ1) is 18.2. The van der Waals surface area contributed by atoms with Crippen molar-refractivity contribution in [3.63, 3.8) is 0 Å². The molecular weight excluding hydrogens is 500 g/mol. The second-order valence-electron chi connectivity index (χ2n) is 10.5. The highest BCUT2D eigenvalue weighted by Gasteiger charge is 2.36. The Labute approximate surface area is 229 Å². The Balaban J connectivity index is 2.55. The fourth-order valence-electron chi connectivity index (χ4n) is 4.04. The molecule has 10 nitrogen and oxygen atoms in total. The van der Waals surface area contributed by atoms with Crippen LogP contribution in [0.4, 0.5) is 10.5 Å². The summed E-state index contributed by atoms with van der Waals surface area (Å²) in [7, 11) is 0. The van der Waals surface area contributed by atoms with Crippen LogP contribution in [-0.4, -0.2) is 52.0 Å². The molecule has 5 N–H and O–H groups in total. The molecule has 0 aliphatic carbocycles. The van der Waals surface area contributed by atoms with Crippen molar-refractivity contribution in [1.29, 1.82) is 0 Å². The number of rotatable bonds is 11. The Morgan fingerprint density at radius 1 is 1.05 bits per heavy atom. The largest absolute Gasteiger partial charge is 0.508 e. The van der Waals surface area contributed by atoms with E-state index in [1.807, 2.05) is 26.0 Å². The lowest BCUT2D eigenvalue weighted by atomic mass is 9.99. The number of anilines is 1. The molecule has 0 saturated heterocycles. The highest BCUT2D eigenvalue weighted by Crippen LogP contribution is 2.29. The van der Waals surface area contributed by atoms with Crippen LogP contribution in [0, 0.1) is 13.8 Å². The van der Waals surface area contributed by atoms with Crippen molar-refractivity contribution in [2.45, 2.75) is 78.5 Å². The van der Waals surface area contributed by atoms with E-state index in [-0.39, 0.29) is 25.1 Å². The number of hydrogen-bond acceptors (Lipinski definition) is 6. The van der Waals surface area contributed by atoms with Crippen LogP contribution in [0.5, 0.6) is 5.75 Å². The molecule has 10 heteroatoms. The lowest BCUT2D eigenvalue weighted by Gasteiger charge is -2.34. The average Bonchev–Trinajstić information content (AvgIpc) is 2.83. The number of primary amides is 1. The third-order valence-corrected chi connectivity index (χ3v) is 5.92. The van der Waals surface area contributed by atoms with Gasteiger partial charge in [0.05, 0.1) is 0 Å². The fraction of sp³-hybridized carbons (Fsp3) is 0.448. The summed E-state index contributed by atoms with van der Waals surface area (Å²) in [6, 6.07) is 9.68. The Kier molecular flexibility index (Phi) is 10.9. The topological polar surface area (TPSA) is 151 Å². The Morgan fingerprint density at radius 2 is 1.72 bits per heavy atom. The molecule has 4 amide bonds. The smallest absolute Gasteiger partial charge is 0.408 e. The number of ether oxygens (including phenoxy) is 1. The number of benzene rings is 2. The first-order valence-electron chi connectivity index (χ1n) is 13.0. The molecule has 0 spiro atoms. The number of nitrogens with zero attached hydrogens (tertiary/aromatic N) is 1. The second kappa shape index (κ2) is 13.6. The number of phenols is 1. The Morgan fingerprint density at radius 3 is 2.28 bits per heavy atom. The molecule has 2 unspecified atom stereocenters. The van der Waals surface area contributed by atoms with Gasteiger partial charge in [-0.2, -0.15) is 0 Å². The second-order valence-corrected chi connectivity index (χ2v) is 10.5. The van der Waals surface area contributed by atoms with E-state index < -0.39 is 41.5 Å². The van der Waals surface area contributed by atoms with Crippen molar-refractivity contribution < 1.29 is 29.0 Å². The number of para-hydroxylation sites is 1. The quantitative estimate of drug-likeness (QED) is 0.337. The van der Waals surface area contributed by atoms with Crippen molar-refractivity contribution in [2.24, 2.45) is 5.73 Å². The van der Waals surface area contributed by atoms with Crippen LogP contribution in [-0.2, 0) is 19.1 Å². The monoisotopic (exact) mass is 540 g/mol. The average molecular weight is 541 g/mol. The summed E-state index contributed by atoms with van der Waals surface area (Å²) >= 11 is 0. The first-order valence-corrected chi connectivity index (χ1v) is 13.0. The van der Waals surface area contributed by atoms with E-state index in [0.717, 1.165) is 5.56 Å². The van der Waals surface area contributed by atoms with Crippen LogP contribution in [0.25, 0.3) is 0 Å². The maximum atomic E-state index is 14.0. The normalized spacial score (nSPS) is 12.7. The molecule has 0 fully saturated rings. The van der Waals surface area contributed by atoms with Gasteiger partial charge in [-0.15, -0.1) is 0 Å². The van der Waals surface area contributed by atoms with Gasteiger partial charge in [-0.3, -0.25) is 14.4 Å². The van der Waals surface area contributed by atoms with Crippen LogP contribution in [0.15, 0.2) is 42.5 Å². The zero-order chi connectivity index (χ0) is 29.3. The van der Waals surface area contributed by atoms with E-state index in [0.29, 0.717) is 23.2 Å². The van der Waals surface area contributed by atoms with Crippen molar-refractivity contribution in [3.8, 4) is 5.75 Å². The maximum Gasteiger partial charge on any atom is 0.408 e. The van der Waals surface area contributed by atoms with Crippen LogP contribution in [0.1, 0.15) is 69.7 Å².